The number of rotatable bonds is 5. The van der Waals surface area contributed by atoms with Crippen LogP contribution < -0.4 is 20.9 Å². The van der Waals surface area contributed by atoms with Crippen LogP contribution in [0.4, 0.5) is 23.0 Å². The lowest BCUT2D eigenvalue weighted by atomic mass is 10.2. The van der Waals surface area contributed by atoms with Gasteiger partial charge in [0, 0.05) is 44.8 Å². The van der Waals surface area contributed by atoms with Crippen LogP contribution in [0.1, 0.15) is 10.5 Å². The Morgan fingerprint density at radius 2 is 1.86 bits per heavy atom. The molecule has 3 aromatic heterocycles. The highest BCUT2D eigenvalue weighted by Gasteiger charge is 2.17. The molecule has 3 N–H and O–H groups in total. The van der Waals surface area contributed by atoms with Gasteiger partial charge in [-0.2, -0.15) is 0 Å². The second-order valence-electron chi connectivity index (χ2n) is 6.21. The largest absolute Gasteiger partial charge is 0.367 e. The van der Waals surface area contributed by atoms with Crippen molar-refractivity contribution in [2.75, 3.05) is 41.7 Å². The van der Waals surface area contributed by atoms with Crippen molar-refractivity contribution in [3.8, 4) is 0 Å². The number of anilines is 4. The number of pyridine rings is 2. The minimum absolute atomic E-state index is 0.295. The van der Waals surface area contributed by atoms with Crippen molar-refractivity contribution in [3.63, 3.8) is 0 Å². The molecule has 0 unspecified atom stereocenters. The molecule has 0 bridgehead atoms. The van der Waals surface area contributed by atoms with Crippen molar-refractivity contribution in [2.24, 2.45) is 0 Å². The van der Waals surface area contributed by atoms with Crippen molar-refractivity contribution in [1.29, 1.82) is 0 Å². The molecule has 142 valence electrons. The second kappa shape index (κ2) is 8.40. The van der Waals surface area contributed by atoms with Gasteiger partial charge in [-0.05, 0) is 18.2 Å². The first kappa shape index (κ1) is 17.8. The lowest BCUT2D eigenvalue weighted by Gasteiger charge is -2.30. The van der Waals surface area contributed by atoms with Gasteiger partial charge >= 0.3 is 0 Å². The third-order valence-electron chi connectivity index (χ3n) is 4.30. The van der Waals surface area contributed by atoms with Crippen molar-refractivity contribution < 1.29 is 4.79 Å². The minimum Gasteiger partial charge on any atom is -0.367 e. The maximum Gasteiger partial charge on any atom is 0.274 e. The average molecular weight is 376 g/mol. The van der Waals surface area contributed by atoms with Crippen LogP contribution in [0, 0.1) is 0 Å². The highest BCUT2D eigenvalue weighted by molar-refractivity contribution is 6.04. The van der Waals surface area contributed by atoms with Gasteiger partial charge in [-0.15, -0.1) is 0 Å². The fraction of sp³-hybridized carbons (Fsp3) is 0.211. The van der Waals surface area contributed by atoms with Crippen LogP contribution in [-0.2, 0) is 0 Å². The number of carbonyl (C=O) groups is 1. The van der Waals surface area contributed by atoms with E-state index in [1.165, 1.54) is 0 Å². The van der Waals surface area contributed by atoms with E-state index in [9.17, 15) is 4.79 Å². The zero-order valence-electron chi connectivity index (χ0n) is 15.2. The molecule has 0 atom stereocenters. The van der Waals surface area contributed by atoms with E-state index >= 15 is 0 Å². The number of aromatic nitrogens is 4. The van der Waals surface area contributed by atoms with E-state index in [1.807, 2.05) is 6.07 Å². The number of hydrogen-bond acceptors (Lipinski definition) is 8. The summed E-state index contributed by atoms with van der Waals surface area (Å²) in [5, 5.41) is 9.29. The maximum absolute atomic E-state index is 12.8. The molecule has 1 aliphatic rings. The molecule has 3 aromatic rings. The highest BCUT2D eigenvalue weighted by atomic mass is 16.1. The third-order valence-corrected chi connectivity index (χ3v) is 4.30. The Balaban J connectivity index is 1.51. The molecule has 0 spiro atoms. The number of piperazine rings is 1. The van der Waals surface area contributed by atoms with Crippen LogP contribution in [0.25, 0.3) is 0 Å². The van der Waals surface area contributed by atoms with E-state index in [2.05, 4.69) is 40.8 Å². The standard InChI is InChI=1S/C19H20N8O/c28-19(14-2-1-3-17(24-14)26-18-13-22-6-7-23-18)25-15-12-21-5-4-16(15)27-10-8-20-9-11-27/h1-7,12-13,20H,8-11H2,(H,25,28)(H,23,24,26). The topological polar surface area (TPSA) is 108 Å². The monoisotopic (exact) mass is 376 g/mol. The van der Waals surface area contributed by atoms with E-state index in [1.54, 1.807) is 49.2 Å². The smallest absolute Gasteiger partial charge is 0.274 e. The summed E-state index contributed by atoms with van der Waals surface area (Å²) in [5.41, 5.74) is 1.92. The Hall–Kier alpha value is -3.59. The molecule has 9 nitrogen and oxygen atoms in total. The Labute approximate surface area is 162 Å². The van der Waals surface area contributed by atoms with Crippen molar-refractivity contribution in [3.05, 3.63) is 60.9 Å². The summed E-state index contributed by atoms with van der Waals surface area (Å²) < 4.78 is 0. The molecule has 0 aliphatic carbocycles. The highest BCUT2D eigenvalue weighted by Crippen LogP contribution is 2.25. The van der Waals surface area contributed by atoms with Gasteiger partial charge in [-0.3, -0.25) is 14.8 Å². The predicted molar refractivity (Wildman–Crippen MR) is 107 cm³/mol. The first-order valence-corrected chi connectivity index (χ1v) is 9.01. The zero-order chi connectivity index (χ0) is 19.2. The Kier molecular flexibility index (Phi) is 5.34. The summed E-state index contributed by atoms with van der Waals surface area (Å²) >= 11 is 0. The summed E-state index contributed by atoms with van der Waals surface area (Å²) in [7, 11) is 0. The van der Waals surface area contributed by atoms with Gasteiger partial charge in [-0.25, -0.2) is 9.97 Å². The summed E-state index contributed by atoms with van der Waals surface area (Å²) in [4.78, 5) is 31.7. The van der Waals surface area contributed by atoms with Crippen molar-refractivity contribution in [2.45, 2.75) is 0 Å². The van der Waals surface area contributed by atoms with Gasteiger partial charge in [0.15, 0.2) is 0 Å². The molecular formula is C19H20N8O. The first-order chi connectivity index (χ1) is 13.8. The van der Waals surface area contributed by atoms with Crippen LogP contribution in [0.15, 0.2) is 55.2 Å². The van der Waals surface area contributed by atoms with E-state index in [0.29, 0.717) is 23.0 Å². The van der Waals surface area contributed by atoms with Gasteiger partial charge in [0.05, 0.1) is 23.8 Å². The lowest BCUT2D eigenvalue weighted by Crippen LogP contribution is -2.43. The van der Waals surface area contributed by atoms with Crippen LogP contribution >= 0.6 is 0 Å². The summed E-state index contributed by atoms with van der Waals surface area (Å²) in [6.45, 7) is 3.58. The first-order valence-electron chi connectivity index (χ1n) is 9.01. The van der Waals surface area contributed by atoms with E-state index in [0.717, 1.165) is 31.9 Å². The molecule has 1 fully saturated rings. The van der Waals surface area contributed by atoms with Crippen LogP contribution in [0.5, 0.6) is 0 Å². The number of carbonyl (C=O) groups excluding carboxylic acids is 1. The molecule has 0 saturated carbocycles. The van der Waals surface area contributed by atoms with E-state index in [-0.39, 0.29) is 5.91 Å². The van der Waals surface area contributed by atoms with Gasteiger partial charge < -0.3 is 20.9 Å². The maximum atomic E-state index is 12.8. The van der Waals surface area contributed by atoms with E-state index < -0.39 is 0 Å². The molecule has 1 saturated heterocycles. The fourth-order valence-electron chi connectivity index (χ4n) is 2.98. The molecule has 28 heavy (non-hydrogen) atoms. The summed E-state index contributed by atoms with van der Waals surface area (Å²) in [6, 6.07) is 7.11. The molecule has 1 aliphatic heterocycles. The summed E-state index contributed by atoms with van der Waals surface area (Å²) in [5.74, 6) is 0.773. The Morgan fingerprint density at radius 1 is 1.00 bits per heavy atom. The molecule has 0 radical (unpaired) electrons. The van der Waals surface area contributed by atoms with Crippen molar-refractivity contribution in [1.82, 2.24) is 25.3 Å². The van der Waals surface area contributed by atoms with Gasteiger partial charge in [-0.1, -0.05) is 6.07 Å². The van der Waals surface area contributed by atoms with Gasteiger partial charge in [0.1, 0.15) is 17.3 Å². The van der Waals surface area contributed by atoms with Crippen LogP contribution in [-0.4, -0.2) is 52.0 Å². The minimum atomic E-state index is -0.299. The quantitative estimate of drug-likeness (QED) is 0.617. The third kappa shape index (κ3) is 4.21. The molecule has 9 heteroatoms. The number of hydrogen-bond donors (Lipinski definition) is 3. The van der Waals surface area contributed by atoms with Gasteiger partial charge in [0.2, 0.25) is 0 Å². The molecule has 1 amide bonds. The second-order valence-corrected chi connectivity index (χ2v) is 6.21. The number of nitrogens with zero attached hydrogens (tertiary/aromatic N) is 5. The molecule has 4 rings (SSSR count). The van der Waals surface area contributed by atoms with Crippen molar-refractivity contribution >= 4 is 28.9 Å². The van der Waals surface area contributed by atoms with Crippen LogP contribution in [0.3, 0.4) is 0 Å². The molecule has 0 aromatic carbocycles. The average Bonchev–Trinajstić information content (AvgIpc) is 2.76. The molecule has 4 heterocycles. The Bertz CT molecular complexity index is 943. The normalized spacial score (nSPS) is 13.8. The fourth-order valence-corrected chi connectivity index (χ4v) is 2.98. The predicted octanol–water partition coefficient (Wildman–Crippen LogP) is 1.67. The van der Waals surface area contributed by atoms with Gasteiger partial charge in [0.25, 0.3) is 5.91 Å². The zero-order valence-corrected chi connectivity index (χ0v) is 15.2. The van der Waals surface area contributed by atoms with Crippen LogP contribution in [0.2, 0.25) is 0 Å². The Morgan fingerprint density at radius 3 is 2.68 bits per heavy atom. The SMILES string of the molecule is O=C(Nc1cnccc1N1CCNCC1)c1cccc(Nc2cnccn2)n1. The van der Waals surface area contributed by atoms with E-state index in [4.69, 9.17) is 0 Å². The lowest BCUT2D eigenvalue weighted by molar-refractivity contribution is 0.102. The molecular weight excluding hydrogens is 356 g/mol. The number of nitrogens with one attached hydrogen (secondary N) is 3. The number of amides is 1. The summed E-state index contributed by atoms with van der Waals surface area (Å²) in [6.07, 6.45) is 8.16.